The highest BCUT2D eigenvalue weighted by atomic mass is 79.9. The lowest BCUT2D eigenvalue weighted by Gasteiger charge is -2.21. The molecule has 94 valence electrons. The van der Waals surface area contributed by atoms with Crippen LogP contribution < -0.4 is 0 Å². The molecule has 0 aliphatic heterocycles. The lowest BCUT2D eigenvalue weighted by Crippen LogP contribution is -2.27. The fourth-order valence-corrected chi connectivity index (χ4v) is 2.91. The van der Waals surface area contributed by atoms with E-state index < -0.39 is 0 Å². The smallest absolute Gasteiger partial charge is 0.0705 e. The van der Waals surface area contributed by atoms with Gasteiger partial charge in [-0.1, -0.05) is 34.1 Å². The van der Waals surface area contributed by atoms with Crippen LogP contribution in [0.25, 0.3) is 10.9 Å². The van der Waals surface area contributed by atoms with E-state index in [1.165, 1.54) is 23.8 Å². The maximum Gasteiger partial charge on any atom is 0.0705 e. The molecule has 1 heterocycles. The summed E-state index contributed by atoms with van der Waals surface area (Å²) in [4.78, 5) is 7.01. The van der Waals surface area contributed by atoms with Crippen molar-refractivity contribution in [1.29, 1.82) is 0 Å². The van der Waals surface area contributed by atoms with E-state index in [0.29, 0.717) is 0 Å². The van der Waals surface area contributed by atoms with Crippen molar-refractivity contribution < 1.29 is 0 Å². The number of hydrogen-bond donors (Lipinski definition) is 0. The molecule has 3 rings (SSSR count). The van der Waals surface area contributed by atoms with Gasteiger partial charge in [0.2, 0.25) is 0 Å². The monoisotopic (exact) mass is 304 g/mol. The number of fused-ring (bicyclic) bond motifs is 1. The van der Waals surface area contributed by atoms with Crippen LogP contribution >= 0.6 is 15.9 Å². The maximum atomic E-state index is 4.43. The minimum atomic E-state index is 0.800. The molecule has 0 radical (unpaired) electrons. The van der Waals surface area contributed by atoms with Gasteiger partial charge >= 0.3 is 0 Å². The Hall–Kier alpha value is -0.930. The molecule has 2 nitrogen and oxygen atoms in total. The minimum absolute atomic E-state index is 0.800. The number of pyridine rings is 1. The third kappa shape index (κ3) is 2.57. The van der Waals surface area contributed by atoms with Crippen molar-refractivity contribution in [3.63, 3.8) is 0 Å². The molecule has 1 fully saturated rings. The summed E-state index contributed by atoms with van der Waals surface area (Å²) in [5.74, 6) is 0. The van der Waals surface area contributed by atoms with E-state index in [4.69, 9.17) is 0 Å². The number of para-hydroxylation sites is 1. The van der Waals surface area contributed by atoms with Crippen molar-refractivity contribution >= 4 is 26.8 Å². The molecule has 1 aliphatic carbocycles. The van der Waals surface area contributed by atoms with Gasteiger partial charge in [-0.3, -0.25) is 9.88 Å². The molecule has 0 unspecified atom stereocenters. The fraction of sp³-hybridized carbons (Fsp3) is 0.400. The lowest BCUT2D eigenvalue weighted by molar-refractivity contribution is 0.273. The van der Waals surface area contributed by atoms with Gasteiger partial charge in [0.1, 0.15) is 0 Å². The second-order valence-electron chi connectivity index (χ2n) is 4.88. The summed E-state index contributed by atoms with van der Waals surface area (Å²) in [6.07, 6.45) is 4.64. The van der Waals surface area contributed by atoms with E-state index in [2.05, 4.69) is 56.1 Å². The summed E-state index contributed by atoms with van der Waals surface area (Å²) >= 11 is 3.56. The van der Waals surface area contributed by atoms with Crippen LogP contribution in [0.4, 0.5) is 0 Å². The van der Waals surface area contributed by atoms with Crippen LogP contribution in [0.1, 0.15) is 18.4 Å². The first kappa shape index (κ1) is 12.1. The summed E-state index contributed by atoms with van der Waals surface area (Å²) < 4.78 is 0. The number of nitrogens with zero attached hydrogens (tertiary/aromatic N) is 2. The molecule has 0 N–H and O–H groups in total. The van der Waals surface area contributed by atoms with Crippen LogP contribution in [0.3, 0.4) is 0 Å². The van der Waals surface area contributed by atoms with Gasteiger partial charge in [0.15, 0.2) is 0 Å². The van der Waals surface area contributed by atoms with Crippen molar-refractivity contribution in [1.82, 2.24) is 9.88 Å². The predicted molar refractivity (Wildman–Crippen MR) is 79.0 cm³/mol. The average Bonchev–Trinajstić information content (AvgIpc) is 3.23. The van der Waals surface area contributed by atoms with Crippen molar-refractivity contribution in [3.8, 4) is 0 Å². The van der Waals surface area contributed by atoms with Crippen LogP contribution in [0.2, 0.25) is 0 Å². The van der Waals surface area contributed by atoms with E-state index in [0.717, 1.165) is 30.0 Å². The molecule has 0 bridgehead atoms. The van der Waals surface area contributed by atoms with Crippen LogP contribution in [0.5, 0.6) is 0 Å². The van der Waals surface area contributed by atoms with Crippen molar-refractivity contribution in [2.45, 2.75) is 25.4 Å². The first-order valence-corrected chi connectivity index (χ1v) is 7.63. The molecule has 0 amide bonds. The highest BCUT2D eigenvalue weighted by Crippen LogP contribution is 2.29. The summed E-state index contributed by atoms with van der Waals surface area (Å²) in [7, 11) is 0. The Morgan fingerprint density at radius 1 is 1.22 bits per heavy atom. The van der Waals surface area contributed by atoms with E-state index in [1.807, 2.05) is 6.20 Å². The van der Waals surface area contributed by atoms with Crippen LogP contribution in [0.15, 0.2) is 36.5 Å². The minimum Gasteiger partial charge on any atom is -0.295 e. The molecule has 3 heteroatoms. The molecule has 0 spiro atoms. The summed E-state index contributed by atoms with van der Waals surface area (Å²) in [5, 5.41) is 2.34. The van der Waals surface area contributed by atoms with Crippen LogP contribution in [-0.4, -0.2) is 27.8 Å². The Labute approximate surface area is 116 Å². The quantitative estimate of drug-likeness (QED) is 0.785. The Morgan fingerprint density at radius 3 is 2.83 bits per heavy atom. The number of halogens is 1. The fourth-order valence-electron chi connectivity index (χ4n) is 2.45. The van der Waals surface area contributed by atoms with Crippen molar-refractivity contribution in [3.05, 3.63) is 42.1 Å². The molecule has 2 aromatic rings. The Bertz CT molecular complexity index is 532. The Balaban J connectivity index is 1.88. The van der Waals surface area contributed by atoms with E-state index in [9.17, 15) is 0 Å². The van der Waals surface area contributed by atoms with Crippen molar-refractivity contribution in [2.24, 2.45) is 0 Å². The molecular weight excluding hydrogens is 288 g/mol. The number of alkyl halides is 1. The van der Waals surface area contributed by atoms with Crippen LogP contribution in [-0.2, 0) is 6.54 Å². The van der Waals surface area contributed by atoms with Crippen molar-refractivity contribution in [2.75, 3.05) is 11.9 Å². The van der Waals surface area contributed by atoms with Gasteiger partial charge in [-0.25, -0.2) is 0 Å². The number of hydrogen-bond acceptors (Lipinski definition) is 2. The predicted octanol–water partition coefficient (Wildman–Crippen LogP) is 3.59. The molecule has 0 atom stereocenters. The number of aromatic nitrogens is 1. The first-order chi connectivity index (χ1) is 8.88. The molecule has 1 aromatic heterocycles. The number of rotatable bonds is 5. The molecular formula is C15H17BrN2. The number of benzene rings is 1. The van der Waals surface area contributed by atoms with Crippen LogP contribution in [0, 0.1) is 0 Å². The standard InChI is InChI=1S/C15H17BrN2/c16-8-10-18(13-5-6-13)11-12-7-9-17-15-4-2-1-3-14(12)15/h1-4,7,9,13H,5-6,8,10-11H2. The normalized spacial score (nSPS) is 15.4. The molecule has 1 aromatic carbocycles. The first-order valence-electron chi connectivity index (χ1n) is 6.51. The Kier molecular flexibility index (Phi) is 3.62. The third-order valence-electron chi connectivity index (χ3n) is 3.55. The average molecular weight is 305 g/mol. The highest BCUT2D eigenvalue weighted by molar-refractivity contribution is 9.09. The summed E-state index contributed by atoms with van der Waals surface area (Å²) in [6.45, 7) is 2.17. The van der Waals surface area contributed by atoms with E-state index >= 15 is 0 Å². The van der Waals surface area contributed by atoms with Gasteiger partial charge in [0.05, 0.1) is 5.52 Å². The lowest BCUT2D eigenvalue weighted by atomic mass is 10.1. The van der Waals surface area contributed by atoms with Gasteiger partial charge in [-0.05, 0) is 30.5 Å². The molecule has 1 aliphatic rings. The van der Waals surface area contributed by atoms with Gasteiger partial charge in [-0.2, -0.15) is 0 Å². The second-order valence-corrected chi connectivity index (χ2v) is 5.67. The van der Waals surface area contributed by atoms with Gasteiger partial charge in [0.25, 0.3) is 0 Å². The van der Waals surface area contributed by atoms with Gasteiger partial charge < -0.3 is 0 Å². The SMILES string of the molecule is BrCCN(Cc1ccnc2ccccc12)C1CC1. The zero-order valence-corrected chi connectivity index (χ0v) is 11.9. The maximum absolute atomic E-state index is 4.43. The van der Waals surface area contributed by atoms with E-state index in [1.54, 1.807) is 0 Å². The largest absolute Gasteiger partial charge is 0.295 e. The summed E-state index contributed by atoms with van der Waals surface area (Å²) in [5.41, 5.74) is 2.50. The highest BCUT2D eigenvalue weighted by Gasteiger charge is 2.28. The topological polar surface area (TPSA) is 16.1 Å². The molecule has 0 saturated heterocycles. The zero-order chi connectivity index (χ0) is 12.4. The Morgan fingerprint density at radius 2 is 2.06 bits per heavy atom. The van der Waals surface area contributed by atoms with E-state index in [-0.39, 0.29) is 0 Å². The zero-order valence-electron chi connectivity index (χ0n) is 10.3. The van der Waals surface area contributed by atoms with Gasteiger partial charge in [0, 0.05) is 36.0 Å². The summed E-state index contributed by atoms with van der Waals surface area (Å²) in [6, 6.07) is 11.4. The van der Waals surface area contributed by atoms with Gasteiger partial charge in [-0.15, -0.1) is 0 Å². The second kappa shape index (κ2) is 5.37. The third-order valence-corrected chi connectivity index (χ3v) is 3.90. The molecule has 18 heavy (non-hydrogen) atoms. The molecule has 1 saturated carbocycles.